The summed E-state index contributed by atoms with van der Waals surface area (Å²) >= 11 is 1.21. The van der Waals surface area contributed by atoms with Crippen molar-refractivity contribution in [1.29, 1.82) is 0 Å². The third-order valence-electron chi connectivity index (χ3n) is 7.37. The number of anilines is 1. The lowest BCUT2D eigenvalue weighted by atomic mass is 9.95. The van der Waals surface area contributed by atoms with Gasteiger partial charge in [-0.15, -0.1) is 0 Å². The van der Waals surface area contributed by atoms with Crippen LogP contribution in [0.15, 0.2) is 110 Å². The fraction of sp³-hybridized carbons (Fsp3) is 0.118. The number of rotatable bonds is 7. The highest BCUT2D eigenvalue weighted by Crippen LogP contribution is 2.32. The molecular weight excluding hydrogens is 578 g/mol. The third-order valence-corrected chi connectivity index (χ3v) is 8.35. The van der Waals surface area contributed by atoms with Crippen molar-refractivity contribution in [3.63, 3.8) is 0 Å². The Hall–Kier alpha value is -5.48. The van der Waals surface area contributed by atoms with E-state index in [9.17, 15) is 19.5 Å². The van der Waals surface area contributed by atoms with Crippen molar-refractivity contribution >= 4 is 35.0 Å². The molecule has 6 rings (SSSR count). The second kappa shape index (κ2) is 11.7. The normalized spacial score (nSPS) is 14.6. The molecule has 3 aromatic carbocycles. The maximum Gasteiger partial charge on any atom is 0.335 e. The van der Waals surface area contributed by atoms with E-state index in [4.69, 9.17) is 9.15 Å². The number of para-hydroxylation sites is 1. The Morgan fingerprint density at radius 2 is 1.77 bits per heavy atom. The number of aromatic carboxylic acids is 1. The number of carbonyl (C=O) groups excluding carboxylic acids is 1. The number of methoxy groups -OCH3 is 1. The van der Waals surface area contributed by atoms with Crippen molar-refractivity contribution in [3.05, 3.63) is 138 Å². The fourth-order valence-electron chi connectivity index (χ4n) is 5.21. The number of carbonyl (C=O) groups is 2. The number of carboxylic acid groups (broad SMARTS) is 1. The highest BCUT2D eigenvalue weighted by atomic mass is 32.1. The number of hydrogen-bond acceptors (Lipinski definition) is 7. The number of allylic oxidation sites excluding steroid dienone is 1. The number of nitrogens with zero attached hydrogens (tertiary/aromatic N) is 2. The Kier molecular flexibility index (Phi) is 7.59. The largest absolute Gasteiger partial charge is 0.497 e. The van der Waals surface area contributed by atoms with Gasteiger partial charge in [0.1, 0.15) is 17.3 Å². The molecule has 0 saturated carbocycles. The molecule has 3 heterocycles. The summed E-state index contributed by atoms with van der Waals surface area (Å²) in [6, 6.07) is 24.0. The average molecular weight is 606 g/mol. The Bertz CT molecular complexity index is 2120. The van der Waals surface area contributed by atoms with Gasteiger partial charge in [0.2, 0.25) is 0 Å². The topological polar surface area (TPSA) is 123 Å². The molecule has 1 atom stereocenters. The summed E-state index contributed by atoms with van der Waals surface area (Å²) in [5.41, 5.74) is 3.61. The summed E-state index contributed by atoms with van der Waals surface area (Å²) in [5, 5.41) is 12.2. The van der Waals surface area contributed by atoms with Gasteiger partial charge in [0, 0.05) is 17.3 Å². The van der Waals surface area contributed by atoms with E-state index in [0.717, 1.165) is 16.7 Å². The summed E-state index contributed by atoms with van der Waals surface area (Å²) < 4.78 is 13.3. The summed E-state index contributed by atoms with van der Waals surface area (Å²) in [5.74, 6) is 0.293. The predicted octanol–water partition coefficient (Wildman–Crippen LogP) is 5.15. The lowest BCUT2D eigenvalue weighted by Gasteiger charge is -2.25. The second-order valence-electron chi connectivity index (χ2n) is 10.2. The van der Waals surface area contributed by atoms with Gasteiger partial charge in [-0.2, -0.15) is 0 Å². The Morgan fingerprint density at radius 1 is 1.02 bits per heavy atom. The Morgan fingerprint density at radius 3 is 2.45 bits per heavy atom. The molecular formula is C34H27N3O6S. The second-order valence-corrected chi connectivity index (χ2v) is 11.2. The van der Waals surface area contributed by atoms with Crippen LogP contribution in [-0.4, -0.2) is 28.7 Å². The van der Waals surface area contributed by atoms with Gasteiger partial charge in [-0.1, -0.05) is 47.7 Å². The highest BCUT2D eigenvalue weighted by Gasteiger charge is 2.32. The number of carboxylic acids is 1. The van der Waals surface area contributed by atoms with Gasteiger partial charge in [0.05, 0.1) is 34.5 Å². The molecule has 1 aliphatic rings. The van der Waals surface area contributed by atoms with Gasteiger partial charge in [-0.25, -0.2) is 9.79 Å². The quantitative estimate of drug-likeness (QED) is 0.265. The molecule has 0 spiro atoms. The highest BCUT2D eigenvalue weighted by molar-refractivity contribution is 7.07. The smallest absolute Gasteiger partial charge is 0.335 e. The van der Waals surface area contributed by atoms with E-state index in [-0.39, 0.29) is 17.0 Å². The molecule has 9 nitrogen and oxygen atoms in total. The van der Waals surface area contributed by atoms with Crippen molar-refractivity contribution in [2.24, 2.45) is 4.99 Å². The first-order chi connectivity index (χ1) is 21.2. The van der Waals surface area contributed by atoms with Crippen LogP contribution in [0, 0.1) is 6.92 Å². The van der Waals surface area contributed by atoms with Crippen LogP contribution in [0.25, 0.3) is 17.4 Å². The van der Waals surface area contributed by atoms with Gasteiger partial charge in [0.25, 0.3) is 11.5 Å². The number of ether oxygens (including phenoxy) is 1. The average Bonchev–Trinajstić information content (AvgIpc) is 3.60. The number of thiazole rings is 1. The van der Waals surface area contributed by atoms with Crippen molar-refractivity contribution in [3.8, 4) is 17.1 Å². The first-order valence-electron chi connectivity index (χ1n) is 13.7. The molecule has 0 fully saturated rings. The summed E-state index contributed by atoms with van der Waals surface area (Å²) in [6.45, 7) is 3.58. The monoisotopic (exact) mass is 605 g/mol. The summed E-state index contributed by atoms with van der Waals surface area (Å²) in [6.07, 6.45) is 1.66. The molecule has 0 unspecified atom stereocenters. The van der Waals surface area contributed by atoms with Crippen molar-refractivity contribution in [2.75, 3.05) is 12.4 Å². The van der Waals surface area contributed by atoms with E-state index >= 15 is 0 Å². The minimum Gasteiger partial charge on any atom is -0.497 e. The van der Waals surface area contributed by atoms with Crippen molar-refractivity contribution in [2.45, 2.75) is 19.9 Å². The zero-order chi connectivity index (χ0) is 31.0. The number of benzene rings is 3. The molecule has 2 N–H and O–H groups in total. The molecule has 220 valence electrons. The number of aromatic nitrogens is 1. The lowest BCUT2D eigenvalue weighted by molar-refractivity contribution is -0.113. The van der Waals surface area contributed by atoms with Crippen LogP contribution in [0.2, 0.25) is 0 Å². The number of furan rings is 1. The first kappa shape index (κ1) is 28.6. The minimum absolute atomic E-state index is 0.192. The van der Waals surface area contributed by atoms with E-state index in [0.29, 0.717) is 43.6 Å². The molecule has 1 amide bonds. The number of fused-ring (bicyclic) bond motifs is 1. The van der Waals surface area contributed by atoms with Crippen molar-refractivity contribution in [1.82, 2.24) is 4.57 Å². The SMILES string of the molecule is COc1ccc([C@@H]2C(C(=O)Nc3ccccc3)=C(C)N=c3s/c(=C/c4ccc(-c5ccc(C(=O)O)cc5C)o4)c(=O)n32)cc1. The number of aryl methyl sites for hydroxylation is 1. The maximum absolute atomic E-state index is 14.0. The van der Waals surface area contributed by atoms with E-state index in [1.54, 1.807) is 73.2 Å². The van der Waals surface area contributed by atoms with Crippen LogP contribution >= 0.6 is 11.3 Å². The van der Waals surface area contributed by atoms with Crippen LogP contribution in [0.4, 0.5) is 5.69 Å². The molecule has 1 aliphatic heterocycles. The van der Waals surface area contributed by atoms with E-state index in [1.165, 1.54) is 17.4 Å². The number of nitrogens with one attached hydrogen (secondary N) is 1. The van der Waals surface area contributed by atoms with Crippen LogP contribution < -0.4 is 24.9 Å². The molecule has 10 heteroatoms. The molecule has 5 aromatic rings. The maximum atomic E-state index is 14.0. The van der Waals surface area contributed by atoms with Gasteiger partial charge >= 0.3 is 5.97 Å². The van der Waals surface area contributed by atoms with Gasteiger partial charge in [-0.3, -0.25) is 14.2 Å². The lowest BCUT2D eigenvalue weighted by Crippen LogP contribution is -2.40. The summed E-state index contributed by atoms with van der Waals surface area (Å²) in [7, 11) is 1.58. The predicted molar refractivity (Wildman–Crippen MR) is 168 cm³/mol. The number of hydrogen-bond donors (Lipinski definition) is 2. The Balaban J connectivity index is 1.43. The fourth-order valence-corrected chi connectivity index (χ4v) is 6.24. The van der Waals surface area contributed by atoms with Crippen LogP contribution in [0.5, 0.6) is 5.75 Å². The standard InChI is InChI=1S/C34H27N3O6S/c1-19-17-22(33(40)41)11-15-26(19)27-16-14-25(43-27)18-28-32(39)37-30(21-9-12-24(42-3)13-10-21)29(20(2)35-34(37)44-28)31(38)36-23-7-5-4-6-8-23/h4-18,30H,1-3H3,(H,36,38)(H,40,41)/b28-18+/t30-/m1/s1. The first-order valence-corrected chi connectivity index (χ1v) is 14.5. The van der Waals surface area contributed by atoms with Gasteiger partial charge in [0.15, 0.2) is 4.80 Å². The third kappa shape index (κ3) is 5.38. The van der Waals surface area contributed by atoms with Crippen LogP contribution in [0.3, 0.4) is 0 Å². The Labute approximate surface area is 255 Å². The van der Waals surface area contributed by atoms with Crippen LogP contribution in [-0.2, 0) is 4.79 Å². The van der Waals surface area contributed by atoms with Crippen LogP contribution in [0.1, 0.15) is 40.2 Å². The summed E-state index contributed by atoms with van der Waals surface area (Å²) in [4.78, 5) is 44.2. The van der Waals surface area contributed by atoms with E-state index in [1.807, 2.05) is 37.3 Å². The molecule has 44 heavy (non-hydrogen) atoms. The van der Waals surface area contributed by atoms with E-state index < -0.39 is 12.0 Å². The molecule has 0 aliphatic carbocycles. The molecule has 2 aromatic heterocycles. The zero-order valence-corrected chi connectivity index (χ0v) is 24.8. The molecule has 0 saturated heterocycles. The minimum atomic E-state index is -1.00. The number of amides is 1. The van der Waals surface area contributed by atoms with Crippen molar-refractivity contribution < 1.29 is 23.8 Å². The van der Waals surface area contributed by atoms with Gasteiger partial charge < -0.3 is 19.6 Å². The molecule has 0 radical (unpaired) electrons. The van der Waals surface area contributed by atoms with E-state index in [2.05, 4.69) is 10.3 Å². The molecule has 0 bridgehead atoms. The zero-order valence-electron chi connectivity index (χ0n) is 24.0. The van der Waals surface area contributed by atoms with Gasteiger partial charge in [-0.05, 0) is 73.5 Å².